The van der Waals surface area contributed by atoms with Gasteiger partial charge in [0.25, 0.3) is 5.91 Å². The van der Waals surface area contributed by atoms with Crippen LogP contribution >= 0.6 is 0 Å². The Kier molecular flexibility index (Phi) is 6.55. The summed E-state index contributed by atoms with van der Waals surface area (Å²) in [6.07, 6.45) is 0.227. The third-order valence-corrected chi connectivity index (χ3v) is 5.56. The van der Waals surface area contributed by atoms with Gasteiger partial charge in [0.1, 0.15) is 0 Å². The van der Waals surface area contributed by atoms with E-state index in [4.69, 9.17) is 0 Å². The van der Waals surface area contributed by atoms with Crippen LogP contribution < -0.4 is 10.2 Å². The van der Waals surface area contributed by atoms with Gasteiger partial charge in [0.2, 0.25) is 11.8 Å². The van der Waals surface area contributed by atoms with Crippen LogP contribution in [0.5, 0.6) is 0 Å². The Morgan fingerprint density at radius 2 is 1.87 bits per heavy atom. The molecule has 0 spiro atoms. The number of carbonyl (C=O) groups excluding carboxylic acids is 3. The maximum absolute atomic E-state index is 13.0. The zero-order valence-corrected chi connectivity index (χ0v) is 18.0. The molecule has 6 heteroatoms. The van der Waals surface area contributed by atoms with E-state index in [0.29, 0.717) is 24.6 Å². The summed E-state index contributed by atoms with van der Waals surface area (Å²) < 4.78 is 0. The van der Waals surface area contributed by atoms with Crippen molar-refractivity contribution in [3.8, 4) is 0 Å². The Morgan fingerprint density at radius 3 is 2.50 bits per heavy atom. The van der Waals surface area contributed by atoms with E-state index in [1.54, 1.807) is 36.0 Å². The number of nitrogens with one attached hydrogen (secondary N) is 1. The smallest absolute Gasteiger partial charge is 0.251 e. The number of hydrogen-bond acceptors (Lipinski definition) is 3. The molecule has 3 amide bonds. The van der Waals surface area contributed by atoms with Crippen LogP contribution in [0.15, 0.2) is 48.5 Å². The predicted molar refractivity (Wildman–Crippen MR) is 117 cm³/mol. The zero-order valence-electron chi connectivity index (χ0n) is 18.0. The highest BCUT2D eigenvalue weighted by Gasteiger charge is 2.36. The fourth-order valence-electron chi connectivity index (χ4n) is 3.74. The molecular formula is C24H29N3O3. The average molecular weight is 408 g/mol. The van der Waals surface area contributed by atoms with Crippen molar-refractivity contribution in [1.82, 2.24) is 10.2 Å². The first kappa shape index (κ1) is 21.6. The number of rotatable bonds is 6. The molecule has 1 heterocycles. The molecular weight excluding hydrogens is 378 g/mol. The molecule has 1 fully saturated rings. The minimum atomic E-state index is -0.352. The normalized spacial score (nSPS) is 16.1. The topological polar surface area (TPSA) is 69.7 Å². The summed E-state index contributed by atoms with van der Waals surface area (Å²) in [4.78, 5) is 40.6. The van der Waals surface area contributed by atoms with Crippen LogP contribution in [0.4, 0.5) is 5.69 Å². The zero-order chi connectivity index (χ0) is 21.8. The summed E-state index contributed by atoms with van der Waals surface area (Å²) in [6, 6.07) is 15.2. The second kappa shape index (κ2) is 9.11. The molecule has 2 aromatic carbocycles. The molecule has 0 aromatic heterocycles. The van der Waals surface area contributed by atoms with Crippen LogP contribution in [0, 0.1) is 5.92 Å². The minimum Gasteiger partial charge on any atom is -0.355 e. The fourth-order valence-corrected chi connectivity index (χ4v) is 3.74. The van der Waals surface area contributed by atoms with Crippen molar-refractivity contribution in [2.45, 2.75) is 32.7 Å². The van der Waals surface area contributed by atoms with Gasteiger partial charge in [-0.05, 0) is 41.3 Å². The quantitative estimate of drug-likeness (QED) is 0.800. The molecule has 0 unspecified atom stereocenters. The first-order valence-corrected chi connectivity index (χ1v) is 10.3. The van der Waals surface area contributed by atoms with Crippen molar-refractivity contribution in [1.29, 1.82) is 0 Å². The van der Waals surface area contributed by atoms with Crippen LogP contribution in [0.2, 0.25) is 0 Å². The van der Waals surface area contributed by atoms with Crippen LogP contribution in [-0.2, 0) is 16.1 Å². The summed E-state index contributed by atoms with van der Waals surface area (Å²) in [5.74, 6) is -0.174. The van der Waals surface area contributed by atoms with Gasteiger partial charge in [-0.2, -0.15) is 0 Å². The molecule has 30 heavy (non-hydrogen) atoms. The van der Waals surface area contributed by atoms with Gasteiger partial charge in [-0.3, -0.25) is 14.4 Å². The molecule has 0 bridgehead atoms. The fraction of sp³-hybridized carbons (Fsp3) is 0.375. The molecule has 1 atom stereocenters. The van der Waals surface area contributed by atoms with E-state index in [-0.39, 0.29) is 30.1 Å². The van der Waals surface area contributed by atoms with Crippen molar-refractivity contribution < 1.29 is 14.4 Å². The predicted octanol–water partition coefficient (Wildman–Crippen LogP) is 3.18. The molecule has 0 aliphatic carbocycles. The van der Waals surface area contributed by atoms with Crippen LogP contribution in [0.25, 0.3) is 0 Å². The van der Waals surface area contributed by atoms with Crippen molar-refractivity contribution in [2.24, 2.45) is 5.92 Å². The highest BCUT2D eigenvalue weighted by molar-refractivity contribution is 6.00. The van der Waals surface area contributed by atoms with E-state index >= 15 is 0 Å². The van der Waals surface area contributed by atoms with E-state index in [1.807, 2.05) is 30.3 Å². The number of hydrogen-bond donors (Lipinski definition) is 1. The SMILES string of the molecule is CNC(=O)c1ccc(CN(C)C(=O)[C@H]2CC(=O)N(c3cccc(C(C)C)c3)C2)cc1. The molecule has 3 rings (SSSR count). The molecule has 1 N–H and O–H groups in total. The number of nitrogens with zero attached hydrogens (tertiary/aromatic N) is 2. The monoisotopic (exact) mass is 407 g/mol. The van der Waals surface area contributed by atoms with Crippen LogP contribution in [0.1, 0.15) is 47.7 Å². The van der Waals surface area contributed by atoms with Crippen molar-refractivity contribution in [3.63, 3.8) is 0 Å². The minimum absolute atomic E-state index is 0.0161. The maximum Gasteiger partial charge on any atom is 0.251 e. The summed E-state index contributed by atoms with van der Waals surface area (Å²) in [6.45, 7) is 5.07. The van der Waals surface area contributed by atoms with Gasteiger partial charge in [-0.25, -0.2) is 0 Å². The third-order valence-electron chi connectivity index (χ3n) is 5.56. The molecule has 1 saturated heterocycles. The van der Waals surface area contributed by atoms with Gasteiger partial charge in [0.15, 0.2) is 0 Å². The van der Waals surface area contributed by atoms with Crippen molar-refractivity contribution in [2.75, 3.05) is 25.5 Å². The highest BCUT2D eigenvalue weighted by Crippen LogP contribution is 2.28. The molecule has 158 valence electrons. The summed E-state index contributed by atoms with van der Waals surface area (Å²) in [5.41, 5.74) is 3.54. The van der Waals surface area contributed by atoms with Crippen LogP contribution in [0.3, 0.4) is 0 Å². The molecule has 1 aliphatic rings. The summed E-state index contributed by atoms with van der Waals surface area (Å²) in [5, 5.41) is 2.59. The molecule has 0 radical (unpaired) electrons. The standard InChI is InChI=1S/C24H29N3O3/c1-16(2)19-6-5-7-21(12-19)27-15-20(13-22(27)28)24(30)26(4)14-17-8-10-18(11-9-17)23(29)25-3/h5-12,16,20H,13-15H2,1-4H3,(H,25,29)/t20-/m0/s1. The first-order valence-electron chi connectivity index (χ1n) is 10.3. The van der Waals surface area contributed by atoms with Crippen molar-refractivity contribution in [3.05, 3.63) is 65.2 Å². The average Bonchev–Trinajstić information content (AvgIpc) is 3.14. The van der Waals surface area contributed by atoms with E-state index in [2.05, 4.69) is 25.2 Å². The Morgan fingerprint density at radius 1 is 1.17 bits per heavy atom. The van der Waals surface area contributed by atoms with Crippen LogP contribution in [-0.4, -0.2) is 43.3 Å². The number of benzene rings is 2. The Hall–Kier alpha value is -3.15. The van der Waals surface area contributed by atoms with E-state index in [0.717, 1.165) is 11.3 Å². The lowest BCUT2D eigenvalue weighted by atomic mass is 10.0. The van der Waals surface area contributed by atoms with E-state index in [9.17, 15) is 14.4 Å². The Bertz CT molecular complexity index is 937. The second-order valence-corrected chi connectivity index (χ2v) is 8.13. The van der Waals surface area contributed by atoms with Gasteiger partial charge < -0.3 is 15.1 Å². The lowest BCUT2D eigenvalue weighted by Crippen LogP contribution is -2.34. The number of amides is 3. The Labute approximate surface area is 177 Å². The first-order chi connectivity index (χ1) is 14.3. The van der Waals surface area contributed by atoms with Gasteiger partial charge in [0, 0.05) is 44.9 Å². The second-order valence-electron chi connectivity index (χ2n) is 8.13. The summed E-state index contributed by atoms with van der Waals surface area (Å²) in [7, 11) is 3.34. The van der Waals surface area contributed by atoms with Crippen molar-refractivity contribution >= 4 is 23.4 Å². The van der Waals surface area contributed by atoms with E-state index in [1.165, 1.54) is 5.56 Å². The maximum atomic E-state index is 13.0. The lowest BCUT2D eigenvalue weighted by Gasteiger charge is -2.22. The highest BCUT2D eigenvalue weighted by atomic mass is 16.2. The van der Waals surface area contributed by atoms with Gasteiger partial charge >= 0.3 is 0 Å². The molecule has 2 aromatic rings. The van der Waals surface area contributed by atoms with Gasteiger partial charge in [-0.1, -0.05) is 38.1 Å². The lowest BCUT2D eigenvalue weighted by molar-refractivity contribution is -0.135. The number of carbonyl (C=O) groups is 3. The van der Waals surface area contributed by atoms with Gasteiger partial charge in [0.05, 0.1) is 5.92 Å². The number of anilines is 1. The van der Waals surface area contributed by atoms with E-state index < -0.39 is 0 Å². The molecule has 6 nitrogen and oxygen atoms in total. The van der Waals surface area contributed by atoms with Gasteiger partial charge in [-0.15, -0.1) is 0 Å². The molecule has 1 aliphatic heterocycles. The Balaban J connectivity index is 1.65. The summed E-state index contributed by atoms with van der Waals surface area (Å²) >= 11 is 0. The third kappa shape index (κ3) is 4.70. The largest absolute Gasteiger partial charge is 0.355 e. The molecule has 0 saturated carbocycles.